The number of H-pyrrole nitrogens is 1. The van der Waals surface area contributed by atoms with Crippen LogP contribution in [0.15, 0.2) is 6.07 Å². The van der Waals surface area contributed by atoms with Gasteiger partial charge in [0.1, 0.15) is 5.69 Å². The Balaban J connectivity index is 1.57. The lowest BCUT2D eigenvalue weighted by Gasteiger charge is -2.16. The molecule has 7 nitrogen and oxygen atoms in total. The highest BCUT2D eigenvalue weighted by atomic mass is 16.2. The molecule has 0 saturated carbocycles. The minimum atomic E-state index is 0.0531. The molecule has 2 aliphatic heterocycles. The van der Waals surface area contributed by atoms with Crippen LogP contribution in [-0.2, 0) is 7.05 Å². The number of hydrogen-bond acceptors (Lipinski definition) is 4. The van der Waals surface area contributed by atoms with Crippen LogP contribution in [0, 0.1) is 25.7 Å². The number of hydrogen-bond donors (Lipinski definition) is 2. The molecule has 2 saturated heterocycles. The van der Waals surface area contributed by atoms with Gasteiger partial charge in [0.05, 0.1) is 11.4 Å². The van der Waals surface area contributed by atoms with Gasteiger partial charge in [0.25, 0.3) is 5.91 Å². The van der Waals surface area contributed by atoms with E-state index in [0.29, 0.717) is 17.5 Å². The molecule has 4 rings (SSSR count). The van der Waals surface area contributed by atoms with Crippen molar-refractivity contribution in [1.29, 1.82) is 0 Å². The van der Waals surface area contributed by atoms with E-state index >= 15 is 0 Å². The first kappa shape index (κ1) is 14.4. The van der Waals surface area contributed by atoms with Gasteiger partial charge in [0.15, 0.2) is 0 Å². The maximum Gasteiger partial charge on any atom is 0.271 e. The predicted octanol–water partition coefficient (Wildman–Crippen LogP) is 0.718. The van der Waals surface area contributed by atoms with E-state index in [9.17, 15) is 4.79 Å². The van der Waals surface area contributed by atoms with Crippen molar-refractivity contribution < 1.29 is 4.79 Å². The lowest BCUT2D eigenvalue weighted by molar-refractivity contribution is 0.0776. The van der Waals surface area contributed by atoms with Crippen molar-refractivity contribution in [3.05, 3.63) is 23.1 Å². The smallest absolute Gasteiger partial charge is 0.271 e. The first-order valence-corrected chi connectivity index (χ1v) is 8.10. The van der Waals surface area contributed by atoms with Crippen LogP contribution in [0.2, 0.25) is 0 Å². The van der Waals surface area contributed by atoms with Gasteiger partial charge >= 0.3 is 0 Å². The first-order chi connectivity index (χ1) is 11.0. The molecule has 1 amide bonds. The number of rotatable bonds is 2. The third-order valence-electron chi connectivity index (χ3n) is 5.25. The fourth-order valence-corrected chi connectivity index (χ4v) is 3.90. The number of aryl methyl sites for hydroxylation is 2. The van der Waals surface area contributed by atoms with Crippen molar-refractivity contribution in [2.24, 2.45) is 18.9 Å². The molecule has 2 N–H and O–H groups in total. The van der Waals surface area contributed by atoms with Gasteiger partial charge in [-0.1, -0.05) is 0 Å². The van der Waals surface area contributed by atoms with Crippen LogP contribution in [0.1, 0.15) is 21.9 Å². The van der Waals surface area contributed by atoms with Gasteiger partial charge in [-0.2, -0.15) is 10.2 Å². The molecule has 0 aromatic carbocycles. The van der Waals surface area contributed by atoms with Gasteiger partial charge in [-0.25, -0.2) is 0 Å². The number of likely N-dealkylation sites (tertiary alicyclic amines) is 1. The third kappa shape index (κ3) is 2.26. The number of nitrogens with one attached hydrogen (secondary N) is 2. The molecular formula is C16H22N6O. The quantitative estimate of drug-likeness (QED) is 0.856. The van der Waals surface area contributed by atoms with Gasteiger partial charge in [0.2, 0.25) is 0 Å². The Hall–Kier alpha value is -2.15. The van der Waals surface area contributed by atoms with E-state index in [1.54, 1.807) is 0 Å². The first-order valence-electron chi connectivity index (χ1n) is 8.10. The Bertz CT molecular complexity index is 749. The second-order valence-electron chi connectivity index (χ2n) is 6.72. The summed E-state index contributed by atoms with van der Waals surface area (Å²) in [4.78, 5) is 14.7. The van der Waals surface area contributed by atoms with Gasteiger partial charge in [-0.05, 0) is 31.7 Å². The molecule has 0 radical (unpaired) electrons. The highest BCUT2D eigenvalue weighted by Gasteiger charge is 2.38. The Morgan fingerprint density at radius 1 is 1.26 bits per heavy atom. The van der Waals surface area contributed by atoms with Crippen molar-refractivity contribution in [1.82, 2.24) is 30.2 Å². The van der Waals surface area contributed by atoms with Gasteiger partial charge < -0.3 is 10.2 Å². The monoisotopic (exact) mass is 314 g/mol. The summed E-state index contributed by atoms with van der Waals surface area (Å²) in [6.07, 6.45) is 0. The fourth-order valence-electron chi connectivity index (χ4n) is 3.90. The number of nitrogens with zero attached hydrogens (tertiary/aromatic N) is 4. The Kier molecular flexibility index (Phi) is 3.26. The van der Waals surface area contributed by atoms with Crippen LogP contribution in [0.4, 0.5) is 0 Å². The summed E-state index contributed by atoms with van der Waals surface area (Å²) in [7, 11) is 1.92. The minimum Gasteiger partial charge on any atom is -0.337 e. The zero-order valence-corrected chi connectivity index (χ0v) is 13.8. The Morgan fingerprint density at radius 2 is 1.96 bits per heavy atom. The molecule has 4 heterocycles. The number of amides is 1. The van der Waals surface area contributed by atoms with E-state index < -0.39 is 0 Å². The molecule has 2 aromatic heterocycles. The Morgan fingerprint density at radius 3 is 2.57 bits per heavy atom. The standard InChI is InChI=1S/C16H22N6O/c1-9-15(10(2)21(3)20-9)13-4-14(19-18-13)16(23)22-7-11-5-17-6-12(11)8-22/h4,11-12,17H,5-8H2,1-3H3,(H,18,19)/t11-,12+. The molecular weight excluding hydrogens is 292 g/mol. The third-order valence-corrected chi connectivity index (χ3v) is 5.25. The van der Waals surface area contributed by atoms with Crippen molar-refractivity contribution in [3.8, 4) is 11.3 Å². The minimum absolute atomic E-state index is 0.0531. The molecule has 0 bridgehead atoms. The SMILES string of the molecule is Cc1nn(C)c(C)c1-c1cc(C(=O)N2C[C@H]3CNC[C@H]3C2)[nH]n1. The summed E-state index contributed by atoms with van der Waals surface area (Å²) in [6, 6.07) is 1.85. The second-order valence-corrected chi connectivity index (χ2v) is 6.72. The van der Waals surface area contributed by atoms with E-state index in [2.05, 4.69) is 20.6 Å². The average Bonchev–Trinajstić information content (AvgIpc) is 3.23. The summed E-state index contributed by atoms with van der Waals surface area (Å²) in [5, 5.41) is 15.1. The van der Waals surface area contributed by atoms with Crippen LogP contribution in [0.25, 0.3) is 11.3 Å². The molecule has 7 heteroatoms. The molecule has 0 aliphatic carbocycles. The predicted molar refractivity (Wildman–Crippen MR) is 86.0 cm³/mol. The van der Waals surface area contributed by atoms with E-state index in [0.717, 1.165) is 48.8 Å². The summed E-state index contributed by atoms with van der Waals surface area (Å²) >= 11 is 0. The summed E-state index contributed by atoms with van der Waals surface area (Å²) in [6.45, 7) is 7.71. The lowest BCUT2D eigenvalue weighted by atomic mass is 10.0. The molecule has 2 atom stereocenters. The normalized spacial score (nSPS) is 23.5. The van der Waals surface area contributed by atoms with Crippen molar-refractivity contribution in [2.45, 2.75) is 13.8 Å². The number of carbonyl (C=O) groups excluding carboxylic acids is 1. The zero-order chi connectivity index (χ0) is 16.1. The van der Waals surface area contributed by atoms with Crippen LogP contribution >= 0.6 is 0 Å². The summed E-state index contributed by atoms with van der Waals surface area (Å²) in [5.74, 6) is 1.26. The summed E-state index contributed by atoms with van der Waals surface area (Å²) < 4.78 is 1.84. The van der Waals surface area contributed by atoms with Crippen LogP contribution in [0.5, 0.6) is 0 Å². The summed E-state index contributed by atoms with van der Waals surface area (Å²) in [5.41, 5.74) is 4.34. The van der Waals surface area contributed by atoms with Crippen LogP contribution < -0.4 is 5.32 Å². The van der Waals surface area contributed by atoms with E-state index in [4.69, 9.17) is 0 Å². The fraction of sp³-hybridized carbons (Fsp3) is 0.562. The molecule has 2 aromatic rings. The highest BCUT2D eigenvalue weighted by Crippen LogP contribution is 2.29. The van der Waals surface area contributed by atoms with Crippen LogP contribution in [0.3, 0.4) is 0 Å². The van der Waals surface area contributed by atoms with Crippen LogP contribution in [-0.4, -0.2) is 57.0 Å². The zero-order valence-electron chi connectivity index (χ0n) is 13.8. The molecule has 2 aliphatic rings. The second kappa shape index (κ2) is 5.19. The molecule has 23 heavy (non-hydrogen) atoms. The Labute approximate surface area is 135 Å². The van der Waals surface area contributed by atoms with Crippen molar-refractivity contribution >= 4 is 5.91 Å². The number of aromatic amines is 1. The van der Waals surface area contributed by atoms with E-state index in [-0.39, 0.29) is 5.91 Å². The maximum absolute atomic E-state index is 12.7. The number of carbonyl (C=O) groups is 1. The largest absolute Gasteiger partial charge is 0.337 e. The van der Waals surface area contributed by atoms with Gasteiger partial charge in [0, 0.05) is 44.5 Å². The van der Waals surface area contributed by atoms with Gasteiger partial charge in [-0.3, -0.25) is 14.6 Å². The molecule has 0 unspecified atom stereocenters. The molecule has 122 valence electrons. The van der Waals surface area contributed by atoms with Crippen molar-refractivity contribution in [2.75, 3.05) is 26.2 Å². The number of aromatic nitrogens is 4. The lowest BCUT2D eigenvalue weighted by Crippen LogP contribution is -2.32. The highest BCUT2D eigenvalue weighted by molar-refractivity contribution is 5.93. The maximum atomic E-state index is 12.7. The van der Waals surface area contributed by atoms with E-state index in [1.807, 2.05) is 36.5 Å². The average molecular weight is 314 g/mol. The van der Waals surface area contributed by atoms with Crippen molar-refractivity contribution in [3.63, 3.8) is 0 Å². The van der Waals surface area contributed by atoms with Gasteiger partial charge in [-0.15, -0.1) is 0 Å². The topological polar surface area (TPSA) is 78.8 Å². The van der Waals surface area contributed by atoms with E-state index in [1.165, 1.54) is 0 Å². The number of fused-ring (bicyclic) bond motifs is 1. The molecule has 0 spiro atoms. The molecule has 2 fully saturated rings.